The van der Waals surface area contributed by atoms with E-state index >= 15 is 0 Å². The Morgan fingerprint density at radius 2 is 1.77 bits per heavy atom. The Morgan fingerprint density at radius 3 is 2.36 bits per heavy atom. The van der Waals surface area contributed by atoms with Gasteiger partial charge in [-0.3, -0.25) is 4.79 Å². The van der Waals surface area contributed by atoms with Crippen molar-refractivity contribution < 1.29 is 13.2 Å². The van der Waals surface area contributed by atoms with Crippen LogP contribution in [0.15, 0.2) is 30.3 Å². The van der Waals surface area contributed by atoms with E-state index in [0.29, 0.717) is 32.6 Å². The van der Waals surface area contributed by atoms with Crippen molar-refractivity contribution in [2.24, 2.45) is 0 Å². The summed E-state index contributed by atoms with van der Waals surface area (Å²) in [5.74, 6) is -0.159. The zero-order chi connectivity index (χ0) is 16.0. The van der Waals surface area contributed by atoms with Gasteiger partial charge in [-0.25, -0.2) is 8.42 Å². The summed E-state index contributed by atoms with van der Waals surface area (Å²) in [4.78, 5) is 13.3. The van der Waals surface area contributed by atoms with Crippen LogP contribution in [0.3, 0.4) is 0 Å². The van der Waals surface area contributed by atoms with Gasteiger partial charge in [-0.15, -0.1) is 0 Å². The fourth-order valence-electron chi connectivity index (χ4n) is 2.44. The Labute approximate surface area is 132 Å². The molecule has 0 aromatic heterocycles. The first-order chi connectivity index (χ1) is 10.5. The summed E-state index contributed by atoms with van der Waals surface area (Å²) in [5.41, 5.74) is 1.12. The quantitative estimate of drug-likeness (QED) is 0.834. The molecule has 0 bridgehead atoms. The molecule has 1 heterocycles. The van der Waals surface area contributed by atoms with Crippen molar-refractivity contribution in [1.29, 1.82) is 0 Å². The molecule has 0 atom stereocenters. The predicted octanol–water partition coefficient (Wildman–Crippen LogP) is 0.665. The Kier molecular flexibility index (Phi) is 5.79. The maximum absolute atomic E-state index is 12.3. The van der Waals surface area contributed by atoms with Crippen LogP contribution in [0.5, 0.6) is 0 Å². The molecule has 1 amide bonds. The molecule has 0 saturated carbocycles. The van der Waals surface area contributed by atoms with Crippen molar-refractivity contribution in [3.8, 4) is 0 Å². The smallest absolute Gasteiger partial charge is 0.219 e. The Morgan fingerprint density at radius 1 is 1.14 bits per heavy atom. The fraction of sp³-hybridized carbons (Fsp3) is 0.533. The Balaban J connectivity index is 1.84. The minimum absolute atomic E-state index is 0.0376. The molecule has 1 aliphatic heterocycles. The molecular weight excluding hydrogens is 302 g/mol. The van der Waals surface area contributed by atoms with E-state index in [4.69, 9.17) is 0 Å². The molecule has 0 spiro atoms. The SMILES string of the molecule is CCC(=O)NCCS(=O)(=O)N1CCN(c2ccccc2)CC1. The number of sulfonamides is 1. The first-order valence-electron chi connectivity index (χ1n) is 7.57. The first-order valence-corrected chi connectivity index (χ1v) is 9.18. The minimum atomic E-state index is -3.30. The van der Waals surface area contributed by atoms with Crippen molar-refractivity contribution in [2.75, 3.05) is 43.4 Å². The van der Waals surface area contributed by atoms with Crippen molar-refractivity contribution >= 4 is 21.6 Å². The molecule has 0 unspecified atom stereocenters. The number of rotatable bonds is 6. The number of para-hydroxylation sites is 1. The largest absolute Gasteiger partial charge is 0.369 e. The number of piperazine rings is 1. The highest BCUT2D eigenvalue weighted by Gasteiger charge is 2.26. The highest BCUT2D eigenvalue weighted by molar-refractivity contribution is 7.89. The number of amides is 1. The standard InChI is InChI=1S/C15H23N3O3S/c1-2-15(19)16-8-13-22(20,21)18-11-9-17(10-12-18)14-6-4-3-5-7-14/h3-7H,2,8-13H2,1H3,(H,16,19). The third kappa shape index (κ3) is 4.45. The molecular formula is C15H23N3O3S. The zero-order valence-electron chi connectivity index (χ0n) is 12.9. The van der Waals surface area contributed by atoms with Crippen molar-refractivity contribution in [3.05, 3.63) is 30.3 Å². The fourth-order valence-corrected chi connectivity index (χ4v) is 3.77. The third-order valence-corrected chi connectivity index (χ3v) is 5.63. The van der Waals surface area contributed by atoms with E-state index in [9.17, 15) is 13.2 Å². The number of hydrogen-bond acceptors (Lipinski definition) is 4. The second-order valence-electron chi connectivity index (χ2n) is 5.24. The molecule has 6 nitrogen and oxygen atoms in total. The second kappa shape index (κ2) is 7.60. The molecule has 0 aliphatic carbocycles. The van der Waals surface area contributed by atoms with Gasteiger partial charge >= 0.3 is 0 Å². The van der Waals surface area contributed by atoms with Crippen LogP contribution in [0.25, 0.3) is 0 Å². The van der Waals surface area contributed by atoms with Gasteiger partial charge in [0.2, 0.25) is 15.9 Å². The van der Waals surface area contributed by atoms with Gasteiger partial charge in [0.25, 0.3) is 0 Å². The van der Waals surface area contributed by atoms with Gasteiger partial charge in [0.15, 0.2) is 0 Å². The number of nitrogens with one attached hydrogen (secondary N) is 1. The van der Waals surface area contributed by atoms with Gasteiger partial charge in [0.1, 0.15) is 0 Å². The average Bonchev–Trinajstić information content (AvgIpc) is 2.55. The van der Waals surface area contributed by atoms with Crippen LogP contribution in [-0.4, -0.2) is 57.1 Å². The normalized spacial score (nSPS) is 16.5. The lowest BCUT2D eigenvalue weighted by Crippen LogP contribution is -2.50. The second-order valence-corrected chi connectivity index (χ2v) is 7.33. The number of anilines is 1. The number of nitrogens with zero attached hydrogens (tertiary/aromatic N) is 2. The lowest BCUT2D eigenvalue weighted by atomic mass is 10.2. The van der Waals surface area contributed by atoms with E-state index < -0.39 is 10.0 Å². The van der Waals surface area contributed by atoms with Crippen LogP contribution in [0, 0.1) is 0 Å². The molecule has 1 saturated heterocycles. The number of carbonyl (C=O) groups excluding carboxylic acids is 1. The van der Waals surface area contributed by atoms with E-state index in [1.54, 1.807) is 6.92 Å². The first kappa shape index (κ1) is 16.8. The summed E-state index contributed by atoms with van der Waals surface area (Å²) >= 11 is 0. The lowest BCUT2D eigenvalue weighted by Gasteiger charge is -2.35. The van der Waals surface area contributed by atoms with Gasteiger partial charge in [0, 0.05) is 44.8 Å². The molecule has 2 rings (SSSR count). The summed E-state index contributed by atoms with van der Waals surface area (Å²) in [6.07, 6.45) is 0.371. The molecule has 1 aliphatic rings. The molecule has 122 valence electrons. The van der Waals surface area contributed by atoms with Crippen molar-refractivity contribution in [1.82, 2.24) is 9.62 Å². The average molecular weight is 325 g/mol. The zero-order valence-corrected chi connectivity index (χ0v) is 13.7. The summed E-state index contributed by atoms with van der Waals surface area (Å²) < 4.78 is 26.0. The molecule has 1 aromatic rings. The minimum Gasteiger partial charge on any atom is -0.369 e. The molecule has 1 aromatic carbocycles. The van der Waals surface area contributed by atoms with Crippen LogP contribution >= 0.6 is 0 Å². The Bertz CT molecular complexity index is 581. The number of hydrogen-bond donors (Lipinski definition) is 1. The molecule has 7 heteroatoms. The highest BCUT2D eigenvalue weighted by atomic mass is 32.2. The van der Waals surface area contributed by atoms with Crippen LogP contribution in [0.4, 0.5) is 5.69 Å². The van der Waals surface area contributed by atoms with Gasteiger partial charge in [-0.05, 0) is 12.1 Å². The van der Waals surface area contributed by atoms with E-state index in [1.807, 2.05) is 30.3 Å². The van der Waals surface area contributed by atoms with Gasteiger partial charge < -0.3 is 10.2 Å². The number of benzene rings is 1. The van der Waals surface area contributed by atoms with Crippen molar-refractivity contribution in [2.45, 2.75) is 13.3 Å². The maximum atomic E-state index is 12.3. The van der Waals surface area contributed by atoms with E-state index in [1.165, 1.54) is 4.31 Å². The van der Waals surface area contributed by atoms with Crippen LogP contribution < -0.4 is 10.2 Å². The van der Waals surface area contributed by atoms with Crippen LogP contribution in [0.2, 0.25) is 0 Å². The predicted molar refractivity (Wildman–Crippen MR) is 87.3 cm³/mol. The highest BCUT2D eigenvalue weighted by Crippen LogP contribution is 2.17. The third-order valence-electron chi connectivity index (χ3n) is 3.76. The summed E-state index contributed by atoms with van der Waals surface area (Å²) in [7, 11) is -3.30. The monoisotopic (exact) mass is 325 g/mol. The van der Waals surface area contributed by atoms with E-state index in [-0.39, 0.29) is 18.2 Å². The van der Waals surface area contributed by atoms with E-state index in [2.05, 4.69) is 10.2 Å². The molecule has 0 radical (unpaired) electrons. The molecule has 22 heavy (non-hydrogen) atoms. The number of carbonyl (C=O) groups is 1. The maximum Gasteiger partial charge on any atom is 0.219 e. The van der Waals surface area contributed by atoms with Crippen molar-refractivity contribution in [3.63, 3.8) is 0 Å². The van der Waals surface area contributed by atoms with Crippen LogP contribution in [0.1, 0.15) is 13.3 Å². The molecule has 1 N–H and O–H groups in total. The van der Waals surface area contributed by atoms with Gasteiger partial charge in [-0.2, -0.15) is 4.31 Å². The van der Waals surface area contributed by atoms with Crippen LogP contribution in [-0.2, 0) is 14.8 Å². The van der Waals surface area contributed by atoms with E-state index in [0.717, 1.165) is 5.69 Å². The summed E-state index contributed by atoms with van der Waals surface area (Å²) in [5, 5.41) is 2.61. The topological polar surface area (TPSA) is 69.7 Å². The summed E-state index contributed by atoms with van der Waals surface area (Å²) in [6, 6.07) is 9.99. The van der Waals surface area contributed by atoms with Gasteiger partial charge in [0.05, 0.1) is 5.75 Å². The Hall–Kier alpha value is -1.60. The van der Waals surface area contributed by atoms with Gasteiger partial charge in [-0.1, -0.05) is 25.1 Å². The molecule has 1 fully saturated rings. The lowest BCUT2D eigenvalue weighted by molar-refractivity contribution is -0.120. The summed E-state index contributed by atoms with van der Waals surface area (Å²) in [6.45, 7) is 4.26.